The fraction of sp³-hybridized carbons (Fsp3) is 0.917. The summed E-state index contributed by atoms with van der Waals surface area (Å²) in [5.74, 6) is 0. The van der Waals surface area contributed by atoms with Gasteiger partial charge in [-0.3, -0.25) is 0 Å². The van der Waals surface area contributed by atoms with E-state index in [-0.39, 0.29) is 6.03 Å². The molecule has 1 aliphatic heterocycles. The summed E-state index contributed by atoms with van der Waals surface area (Å²) in [5, 5.41) is 8.89. The van der Waals surface area contributed by atoms with Crippen LogP contribution in [0.5, 0.6) is 0 Å². The van der Waals surface area contributed by atoms with Crippen LogP contribution in [0, 0.1) is 0 Å². The van der Waals surface area contributed by atoms with Gasteiger partial charge in [-0.2, -0.15) is 0 Å². The standard InChI is InChI=1S/C12H25N3O2/c1-2-3-6-14-12(16)15-9-10-17-11-4-7-13-8-5-11/h11,13H,2-10H2,1H3,(H2,14,15,16). The molecule has 0 atom stereocenters. The highest BCUT2D eigenvalue weighted by molar-refractivity contribution is 5.73. The van der Waals surface area contributed by atoms with Gasteiger partial charge in [-0.05, 0) is 32.4 Å². The Balaban J connectivity index is 1.90. The lowest BCUT2D eigenvalue weighted by Gasteiger charge is -2.22. The van der Waals surface area contributed by atoms with E-state index in [1.54, 1.807) is 0 Å². The molecular weight excluding hydrogens is 218 g/mol. The number of amides is 2. The zero-order valence-electron chi connectivity index (χ0n) is 10.8. The van der Waals surface area contributed by atoms with Gasteiger partial charge in [0.15, 0.2) is 0 Å². The minimum atomic E-state index is -0.0904. The highest BCUT2D eigenvalue weighted by Crippen LogP contribution is 2.06. The van der Waals surface area contributed by atoms with E-state index in [0.717, 1.165) is 45.3 Å². The molecule has 1 heterocycles. The molecule has 17 heavy (non-hydrogen) atoms. The van der Waals surface area contributed by atoms with Crippen LogP contribution in [-0.4, -0.2) is 44.9 Å². The third-order valence-corrected chi connectivity index (χ3v) is 2.84. The lowest BCUT2D eigenvalue weighted by atomic mass is 10.1. The Kier molecular flexibility index (Phi) is 7.75. The van der Waals surface area contributed by atoms with Crippen molar-refractivity contribution in [2.24, 2.45) is 0 Å². The summed E-state index contributed by atoms with van der Waals surface area (Å²) >= 11 is 0. The molecule has 0 unspecified atom stereocenters. The molecule has 0 aromatic rings. The number of hydrogen-bond acceptors (Lipinski definition) is 3. The molecule has 0 saturated carbocycles. The van der Waals surface area contributed by atoms with Gasteiger partial charge < -0.3 is 20.7 Å². The van der Waals surface area contributed by atoms with Crippen molar-refractivity contribution in [3.63, 3.8) is 0 Å². The summed E-state index contributed by atoms with van der Waals surface area (Å²) in [4.78, 5) is 11.3. The Morgan fingerprint density at radius 3 is 2.71 bits per heavy atom. The van der Waals surface area contributed by atoms with Crippen LogP contribution in [-0.2, 0) is 4.74 Å². The molecule has 1 saturated heterocycles. The number of carbonyl (C=O) groups is 1. The number of unbranched alkanes of at least 4 members (excludes halogenated alkanes) is 1. The van der Waals surface area contributed by atoms with E-state index < -0.39 is 0 Å². The Morgan fingerprint density at radius 2 is 2.00 bits per heavy atom. The van der Waals surface area contributed by atoms with Crippen LogP contribution in [0.4, 0.5) is 4.79 Å². The molecule has 3 N–H and O–H groups in total. The molecule has 0 aliphatic carbocycles. The first-order valence-corrected chi connectivity index (χ1v) is 6.67. The summed E-state index contributed by atoms with van der Waals surface area (Å²) in [6.45, 7) is 6.11. The Hall–Kier alpha value is -0.810. The fourth-order valence-corrected chi connectivity index (χ4v) is 1.79. The molecule has 100 valence electrons. The molecule has 0 bridgehead atoms. The molecule has 1 aliphatic rings. The van der Waals surface area contributed by atoms with Crippen molar-refractivity contribution in [1.29, 1.82) is 0 Å². The van der Waals surface area contributed by atoms with Gasteiger partial charge in [0.2, 0.25) is 0 Å². The number of hydrogen-bond donors (Lipinski definition) is 3. The number of piperidine rings is 1. The average Bonchev–Trinajstić information content (AvgIpc) is 2.36. The van der Waals surface area contributed by atoms with Gasteiger partial charge in [0, 0.05) is 13.1 Å². The van der Waals surface area contributed by atoms with E-state index in [0.29, 0.717) is 19.3 Å². The second kappa shape index (κ2) is 9.24. The molecule has 0 radical (unpaired) electrons. The van der Waals surface area contributed by atoms with Crippen molar-refractivity contribution in [2.75, 3.05) is 32.8 Å². The van der Waals surface area contributed by atoms with E-state index >= 15 is 0 Å². The van der Waals surface area contributed by atoms with Crippen LogP contribution in [0.25, 0.3) is 0 Å². The maximum Gasteiger partial charge on any atom is 0.314 e. The van der Waals surface area contributed by atoms with Gasteiger partial charge in [0.25, 0.3) is 0 Å². The number of carbonyl (C=O) groups excluding carboxylic acids is 1. The lowest BCUT2D eigenvalue weighted by molar-refractivity contribution is 0.0357. The SMILES string of the molecule is CCCCNC(=O)NCCOC1CCNCC1. The molecule has 5 heteroatoms. The van der Waals surface area contributed by atoms with Crippen molar-refractivity contribution in [1.82, 2.24) is 16.0 Å². The zero-order valence-corrected chi connectivity index (χ0v) is 10.8. The van der Waals surface area contributed by atoms with E-state index in [2.05, 4.69) is 22.9 Å². The number of ether oxygens (including phenoxy) is 1. The van der Waals surface area contributed by atoms with Crippen molar-refractivity contribution >= 4 is 6.03 Å². The highest BCUT2D eigenvalue weighted by atomic mass is 16.5. The van der Waals surface area contributed by atoms with Crippen LogP contribution in [0.15, 0.2) is 0 Å². The zero-order chi connectivity index (χ0) is 12.3. The Labute approximate surface area is 104 Å². The Morgan fingerprint density at radius 1 is 1.29 bits per heavy atom. The normalized spacial score (nSPS) is 16.8. The Bertz CT molecular complexity index is 206. The molecule has 2 amide bonds. The van der Waals surface area contributed by atoms with Gasteiger partial charge in [0.05, 0.1) is 12.7 Å². The summed E-state index contributed by atoms with van der Waals surface area (Å²) < 4.78 is 5.68. The first-order valence-electron chi connectivity index (χ1n) is 6.67. The monoisotopic (exact) mass is 243 g/mol. The van der Waals surface area contributed by atoms with E-state index in [1.807, 2.05) is 0 Å². The third kappa shape index (κ3) is 7.18. The summed E-state index contributed by atoms with van der Waals surface area (Å²) in [6.07, 6.45) is 4.63. The van der Waals surface area contributed by atoms with E-state index in [1.165, 1.54) is 0 Å². The number of rotatable bonds is 7. The molecule has 5 nitrogen and oxygen atoms in total. The molecule has 0 aromatic heterocycles. The van der Waals surface area contributed by atoms with Crippen LogP contribution >= 0.6 is 0 Å². The van der Waals surface area contributed by atoms with Crippen molar-refractivity contribution < 1.29 is 9.53 Å². The average molecular weight is 243 g/mol. The van der Waals surface area contributed by atoms with Crippen LogP contribution < -0.4 is 16.0 Å². The predicted molar refractivity (Wildman–Crippen MR) is 68.2 cm³/mol. The minimum Gasteiger partial charge on any atom is -0.376 e. The van der Waals surface area contributed by atoms with Crippen LogP contribution in [0.3, 0.4) is 0 Å². The molecule has 0 spiro atoms. The van der Waals surface area contributed by atoms with E-state index in [9.17, 15) is 4.79 Å². The maximum atomic E-state index is 11.3. The first-order chi connectivity index (χ1) is 8.33. The van der Waals surface area contributed by atoms with E-state index in [4.69, 9.17) is 4.74 Å². The van der Waals surface area contributed by atoms with Crippen molar-refractivity contribution in [3.8, 4) is 0 Å². The minimum absolute atomic E-state index is 0.0904. The largest absolute Gasteiger partial charge is 0.376 e. The maximum absolute atomic E-state index is 11.3. The third-order valence-electron chi connectivity index (χ3n) is 2.84. The summed E-state index contributed by atoms with van der Waals surface area (Å²) in [6, 6.07) is -0.0904. The summed E-state index contributed by atoms with van der Waals surface area (Å²) in [5.41, 5.74) is 0. The fourth-order valence-electron chi connectivity index (χ4n) is 1.79. The first kappa shape index (κ1) is 14.3. The van der Waals surface area contributed by atoms with Crippen LogP contribution in [0.1, 0.15) is 32.6 Å². The topological polar surface area (TPSA) is 62.4 Å². The van der Waals surface area contributed by atoms with Crippen molar-refractivity contribution in [3.05, 3.63) is 0 Å². The molecular formula is C12H25N3O2. The second-order valence-electron chi connectivity index (χ2n) is 4.36. The van der Waals surface area contributed by atoms with Gasteiger partial charge in [0.1, 0.15) is 0 Å². The molecule has 0 aromatic carbocycles. The van der Waals surface area contributed by atoms with Gasteiger partial charge in [-0.25, -0.2) is 4.79 Å². The van der Waals surface area contributed by atoms with Crippen LogP contribution in [0.2, 0.25) is 0 Å². The number of urea groups is 1. The highest BCUT2D eigenvalue weighted by Gasteiger charge is 2.12. The lowest BCUT2D eigenvalue weighted by Crippen LogP contribution is -2.39. The predicted octanol–water partition coefficient (Wildman–Crippen LogP) is 0.854. The van der Waals surface area contributed by atoms with Gasteiger partial charge in [-0.15, -0.1) is 0 Å². The van der Waals surface area contributed by atoms with Gasteiger partial charge in [-0.1, -0.05) is 13.3 Å². The smallest absolute Gasteiger partial charge is 0.314 e. The molecule has 1 rings (SSSR count). The second-order valence-corrected chi connectivity index (χ2v) is 4.36. The van der Waals surface area contributed by atoms with Crippen molar-refractivity contribution in [2.45, 2.75) is 38.7 Å². The number of nitrogens with one attached hydrogen (secondary N) is 3. The van der Waals surface area contributed by atoms with Gasteiger partial charge >= 0.3 is 6.03 Å². The molecule has 1 fully saturated rings. The summed E-state index contributed by atoms with van der Waals surface area (Å²) in [7, 11) is 0. The quantitative estimate of drug-likeness (QED) is 0.581.